The number of halogens is 4. The van der Waals surface area contributed by atoms with Crippen molar-refractivity contribution in [2.45, 2.75) is 0 Å². The van der Waals surface area contributed by atoms with Gasteiger partial charge in [-0.2, -0.15) is 0 Å². The molecule has 0 heterocycles. The molecule has 0 bridgehead atoms. The van der Waals surface area contributed by atoms with Crippen LogP contribution in [0.3, 0.4) is 0 Å². The van der Waals surface area contributed by atoms with Gasteiger partial charge >= 0.3 is 166 Å². The van der Waals surface area contributed by atoms with Gasteiger partial charge < -0.3 is 0 Å². The Hall–Kier alpha value is -2.97. The van der Waals surface area contributed by atoms with Crippen LogP contribution in [0, 0.1) is 23.3 Å². The first-order valence-corrected chi connectivity index (χ1v) is 11.0. The van der Waals surface area contributed by atoms with Crippen molar-refractivity contribution >= 4 is 28.5 Å². The second-order valence-electron chi connectivity index (χ2n) is 6.78. The van der Waals surface area contributed by atoms with E-state index in [1.54, 1.807) is 48.5 Å². The Labute approximate surface area is 166 Å². The maximum absolute atomic E-state index is 13.7. The van der Waals surface area contributed by atoms with Gasteiger partial charge in [0.1, 0.15) is 0 Å². The molecule has 0 spiro atoms. The van der Waals surface area contributed by atoms with Crippen molar-refractivity contribution < 1.29 is 17.6 Å². The van der Waals surface area contributed by atoms with Gasteiger partial charge in [0.05, 0.1) is 0 Å². The average Bonchev–Trinajstić information content (AvgIpc) is 2.73. The van der Waals surface area contributed by atoms with Crippen LogP contribution in [0.5, 0.6) is 0 Å². The Morgan fingerprint density at radius 3 is 0.655 bits per heavy atom. The molecular weight excluding hydrogens is 395 g/mol. The molecule has 0 amide bonds. The van der Waals surface area contributed by atoms with Crippen LogP contribution in [0.15, 0.2) is 97.1 Å². The van der Waals surface area contributed by atoms with Crippen molar-refractivity contribution in [3.8, 4) is 0 Å². The van der Waals surface area contributed by atoms with Crippen molar-refractivity contribution in [1.29, 1.82) is 0 Å². The van der Waals surface area contributed by atoms with Crippen molar-refractivity contribution in [3.63, 3.8) is 0 Å². The number of hydrogen-bond donors (Lipinski definition) is 0. The van der Waals surface area contributed by atoms with Gasteiger partial charge in [-0.3, -0.25) is 0 Å². The van der Waals surface area contributed by atoms with Crippen LogP contribution in [0.4, 0.5) is 17.6 Å². The molecule has 4 aromatic rings. The van der Waals surface area contributed by atoms with E-state index in [9.17, 15) is 17.6 Å². The Kier molecular flexibility index (Phi) is 5.21. The van der Waals surface area contributed by atoms with Crippen LogP contribution < -0.4 is 21.2 Å². The monoisotopic (exact) mass is 412 g/mol. The van der Waals surface area contributed by atoms with Crippen LogP contribution in [0.25, 0.3) is 0 Å². The Balaban J connectivity index is 2.11. The third-order valence-electron chi connectivity index (χ3n) is 5.11. The molecule has 0 nitrogen and oxygen atoms in total. The van der Waals surface area contributed by atoms with Crippen molar-refractivity contribution in [3.05, 3.63) is 120 Å². The van der Waals surface area contributed by atoms with Gasteiger partial charge in [-0.05, 0) is 0 Å². The zero-order valence-electron chi connectivity index (χ0n) is 15.2. The van der Waals surface area contributed by atoms with Crippen molar-refractivity contribution in [1.82, 2.24) is 0 Å². The van der Waals surface area contributed by atoms with E-state index in [1.165, 1.54) is 48.5 Å². The summed E-state index contributed by atoms with van der Waals surface area (Å²) in [4.78, 5) is 0. The van der Waals surface area contributed by atoms with Crippen molar-refractivity contribution in [2.75, 3.05) is 0 Å². The van der Waals surface area contributed by atoms with E-state index in [0.717, 1.165) is 21.2 Å². The summed E-state index contributed by atoms with van der Waals surface area (Å²) in [6.07, 6.45) is 0. The molecule has 4 rings (SSSR count). The molecule has 4 aromatic carbocycles. The van der Waals surface area contributed by atoms with Gasteiger partial charge in [0, 0.05) is 0 Å². The second-order valence-corrected chi connectivity index (χ2v) is 10.6. The minimum atomic E-state index is -3.06. The molecular formula is C24H17F4P. The Morgan fingerprint density at radius 2 is 0.483 bits per heavy atom. The van der Waals surface area contributed by atoms with Gasteiger partial charge in [0.25, 0.3) is 0 Å². The van der Waals surface area contributed by atoms with E-state index in [0.29, 0.717) is 0 Å². The topological polar surface area (TPSA) is 0 Å². The van der Waals surface area contributed by atoms with Crippen LogP contribution in [0.1, 0.15) is 0 Å². The van der Waals surface area contributed by atoms with Gasteiger partial charge in [-0.25, -0.2) is 0 Å². The number of hydrogen-bond acceptors (Lipinski definition) is 0. The summed E-state index contributed by atoms with van der Waals surface area (Å²) in [6.45, 7) is 0. The zero-order chi connectivity index (χ0) is 20.4. The molecule has 0 fully saturated rings. The van der Waals surface area contributed by atoms with Gasteiger partial charge in [-0.1, -0.05) is 0 Å². The number of rotatable bonds is 4. The predicted molar refractivity (Wildman–Crippen MR) is 112 cm³/mol. The predicted octanol–water partition coefficient (Wildman–Crippen LogP) is 4.59. The van der Waals surface area contributed by atoms with Crippen LogP contribution >= 0.6 is 7.26 Å². The van der Waals surface area contributed by atoms with Crippen LogP contribution in [-0.2, 0) is 0 Å². The summed E-state index contributed by atoms with van der Waals surface area (Å²) in [7, 11) is -3.06. The fourth-order valence-corrected chi connectivity index (χ4v) is 8.47. The minimum absolute atomic E-state index is 0.381. The summed E-state index contributed by atoms with van der Waals surface area (Å²) in [5.74, 6) is -1.52. The quantitative estimate of drug-likeness (QED) is 0.340. The Morgan fingerprint density at radius 1 is 0.310 bits per heavy atom. The molecule has 0 atom stereocenters. The molecule has 0 saturated carbocycles. The van der Waals surface area contributed by atoms with E-state index >= 15 is 0 Å². The molecule has 0 aliphatic carbocycles. The summed E-state index contributed by atoms with van der Waals surface area (Å²) in [5.41, 5.74) is 0. The van der Waals surface area contributed by atoms with Gasteiger partial charge in [0.15, 0.2) is 0 Å². The Bertz CT molecular complexity index is 916. The second kappa shape index (κ2) is 7.81. The van der Waals surface area contributed by atoms with Crippen LogP contribution in [0.2, 0.25) is 0 Å². The van der Waals surface area contributed by atoms with Gasteiger partial charge in [-0.15, -0.1) is 0 Å². The molecule has 0 aliphatic heterocycles. The van der Waals surface area contributed by atoms with Crippen molar-refractivity contribution in [2.24, 2.45) is 0 Å². The first-order chi connectivity index (χ1) is 14.0. The maximum atomic E-state index is 13.7. The molecule has 0 saturated heterocycles. The van der Waals surface area contributed by atoms with E-state index < -0.39 is 7.26 Å². The molecule has 0 aliphatic rings. The number of benzene rings is 4. The third-order valence-corrected chi connectivity index (χ3v) is 9.91. The molecule has 0 radical (unpaired) electrons. The third kappa shape index (κ3) is 3.56. The summed E-state index contributed by atoms with van der Waals surface area (Å²) >= 11 is 0. The summed E-state index contributed by atoms with van der Waals surface area (Å²) in [5, 5.41) is 3.29. The molecule has 5 heteroatoms. The summed E-state index contributed by atoms with van der Waals surface area (Å²) in [6, 6.07) is 24.5. The van der Waals surface area contributed by atoms with Gasteiger partial charge in [0.2, 0.25) is 0 Å². The molecule has 29 heavy (non-hydrogen) atoms. The normalized spacial score (nSPS) is 12.0. The fourth-order valence-electron chi connectivity index (χ4n) is 3.80. The first kappa shape index (κ1) is 19.4. The van der Waals surface area contributed by atoms with Crippen LogP contribution in [-0.4, -0.2) is 0 Å². The first-order valence-electron chi connectivity index (χ1n) is 9.04. The van der Waals surface area contributed by atoms with E-state index in [2.05, 4.69) is 0 Å². The van der Waals surface area contributed by atoms with E-state index in [4.69, 9.17) is 0 Å². The fraction of sp³-hybridized carbons (Fsp3) is 0. The average molecular weight is 412 g/mol. The molecule has 0 aromatic heterocycles. The SMILES string of the molecule is Fc1ccc([PH](c2ccc(F)cc2)(c2ccc(F)cc2)c2ccc(F)cc2)cc1. The summed E-state index contributed by atoms with van der Waals surface area (Å²) < 4.78 is 54.8. The molecule has 146 valence electrons. The molecule has 0 unspecified atom stereocenters. The molecule has 0 N–H and O–H groups in total. The zero-order valence-corrected chi connectivity index (χ0v) is 16.2. The standard InChI is InChI=1S/C24H17F4P/c25-17-1-9-21(10-2-17)29(22-11-3-18(26)4-12-22,23-13-5-19(27)6-14-23)24-15-7-20(28)8-16-24/h1-16,29H. The van der Waals surface area contributed by atoms with E-state index in [1.807, 2.05) is 0 Å². The van der Waals surface area contributed by atoms with E-state index in [-0.39, 0.29) is 23.3 Å².